The van der Waals surface area contributed by atoms with Crippen LogP contribution in [0, 0.1) is 5.92 Å². The van der Waals surface area contributed by atoms with Crippen molar-refractivity contribution in [3.8, 4) is 0 Å². The molecule has 4 nitrogen and oxygen atoms in total. The largest absolute Gasteiger partial charge is 0.328 e. The number of anilines is 1. The maximum atomic E-state index is 12.4. The minimum atomic E-state index is -0.0218. The van der Waals surface area contributed by atoms with Crippen molar-refractivity contribution in [3.05, 3.63) is 35.5 Å². The number of hydrogen-bond acceptors (Lipinski definition) is 3. The average molecular weight is 304 g/mol. The zero-order chi connectivity index (χ0) is 14.8. The Hall–Kier alpha value is -1.65. The Morgan fingerprint density at radius 2 is 2.24 bits per heavy atom. The van der Waals surface area contributed by atoms with Crippen molar-refractivity contribution in [2.45, 2.75) is 31.7 Å². The molecule has 1 saturated carbocycles. The van der Waals surface area contributed by atoms with Gasteiger partial charge in [0.15, 0.2) is 0 Å². The first kappa shape index (κ1) is 14.3. The molecule has 0 radical (unpaired) electrons. The van der Waals surface area contributed by atoms with Crippen molar-refractivity contribution < 1.29 is 4.79 Å². The SMILES string of the molecule is NC1CCCC(C(=O)Nc2cc(Cl)cc3cccnc23)C1. The first-order valence-corrected chi connectivity index (χ1v) is 7.62. The number of nitrogens with one attached hydrogen (secondary N) is 1. The van der Waals surface area contributed by atoms with E-state index < -0.39 is 0 Å². The number of carbonyl (C=O) groups excluding carboxylic acids is 1. The number of nitrogens with zero attached hydrogens (tertiary/aromatic N) is 1. The maximum absolute atomic E-state index is 12.4. The molecular formula is C16H18ClN3O. The molecule has 2 atom stereocenters. The summed E-state index contributed by atoms with van der Waals surface area (Å²) in [6.45, 7) is 0. The van der Waals surface area contributed by atoms with E-state index in [9.17, 15) is 4.79 Å². The van der Waals surface area contributed by atoms with Gasteiger partial charge in [-0.15, -0.1) is 0 Å². The van der Waals surface area contributed by atoms with Gasteiger partial charge in [0.05, 0.1) is 11.2 Å². The number of pyridine rings is 1. The van der Waals surface area contributed by atoms with Gasteiger partial charge in [-0.25, -0.2) is 0 Å². The third-order valence-corrected chi connectivity index (χ3v) is 4.23. The van der Waals surface area contributed by atoms with Crippen molar-refractivity contribution >= 4 is 34.1 Å². The first-order valence-electron chi connectivity index (χ1n) is 7.24. The lowest BCUT2D eigenvalue weighted by Gasteiger charge is -2.25. The molecule has 1 aliphatic rings. The number of aromatic nitrogens is 1. The molecule has 1 aromatic heterocycles. The van der Waals surface area contributed by atoms with Crippen molar-refractivity contribution in [2.75, 3.05) is 5.32 Å². The van der Waals surface area contributed by atoms with Crippen LogP contribution in [0.3, 0.4) is 0 Å². The fourth-order valence-corrected chi connectivity index (χ4v) is 3.18. The zero-order valence-electron chi connectivity index (χ0n) is 11.7. The highest BCUT2D eigenvalue weighted by molar-refractivity contribution is 6.32. The van der Waals surface area contributed by atoms with Crippen LogP contribution < -0.4 is 11.1 Å². The summed E-state index contributed by atoms with van der Waals surface area (Å²) in [6, 6.07) is 7.50. The van der Waals surface area contributed by atoms with Gasteiger partial charge < -0.3 is 11.1 Å². The molecule has 1 fully saturated rings. The van der Waals surface area contributed by atoms with Crippen LogP contribution in [-0.4, -0.2) is 16.9 Å². The number of halogens is 1. The number of carbonyl (C=O) groups is 1. The lowest BCUT2D eigenvalue weighted by molar-refractivity contribution is -0.120. The Morgan fingerprint density at radius 3 is 3.05 bits per heavy atom. The molecule has 0 bridgehead atoms. The topological polar surface area (TPSA) is 68.0 Å². The summed E-state index contributed by atoms with van der Waals surface area (Å²) in [5.41, 5.74) is 7.39. The Kier molecular flexibility index (Phi) is 4.08. The van der Waals surface area contributed by atoms with Gasteiger partial charge in [-0.2, -0.15) is 0 Å². The summed E-state index contributed by atoms with van der Waals surface area (Å²) >= 11 is 6.12. The molecule has 1 aliphatic carbocycles. The molecule has 1 aromatic carbocycles. The molecule has 0 spiro atoms. The Labute approximate surface area is 128 Å². The Balaban J connectivity index is 1.85. The van der Waals surface area contributed by atoms with E-state index in [-0.39, 0.29) is 17.9 Å². The van der Waals surface area contributed by atoms with E-state index in [1.54, 1.807) is 12.3 Å². The zero-order valence-corrected chi connectivity index (χ0v) is 12.4. The molecule has 1 amide bonds. The standard InChI is InChI=1S/C16H18ClN3O/c17-12-7-10-4-2-6-19-15(10)14(9-12)20-16(21)11-3-1-5-13(18)8-11/h2,4,6-7,9,11,13H,1,3,5,8,18H2,(H,20,21). The van der Waals surface area contributed by atoms with Crippen LogP contribution in [0.25, 0.3) is 10.9 Å². The number of fused-ring (bicyclic) bond motifs is 1. The highest BCUT2D eigenvalue weighted by atomic mass is 35.5. The second kappa shape index (κ2) is 6.00. The van der Waals surface area contributed by atoms with E-state index in [0.29, 0.717) is 10.7 Å². The number of rotatable bonds is 2. The van der Waals surface area contributed by atoms with Crippen molar-refractivity contribution in [2.24, 2.45) is 11.7 Å². The van der Waals surface area contributed by atoms with Crippen LogP contribution in [0.15, 0.2) is 30.5 Å². The number of benzene rings is 1. The van der Waals surface area contributed by atoms with Crippen LogP contribution in [0.1, 0.15) is 25.7 Å². The third kappa shape index (κ3) is 3.17. The average Bonchev–Trinajstić information content (AvgIpc) is 2.47. The van der Waals surface area contributed by atoms with Crippen LogP contribution in [0.5, 0.6) is 0 Å². The van der Waals surface area contributed by atoms with Gasteiger partial charge in [0.25, 0.3) is 0 Å². The van der Waals surface area contributed by atoms with Gasteiger partial charge in [0.2, 0.25) is 5.91 Å². The first-order chi connectivity index (χ1) is 10.1. The van der Waals surface area contributed by atoms with Gasteiger partial charge in [-0.05, 0) is 37.5 Å². The monoisotopic (exact) mass is 303 g/mol. The molecule has 3 rings (SSSR count). The minimum Gasteiger partial charge on any atom is -0.328 e. The Morgan fingerprint density at radius 1 is 1.38 bits per heavy atom. The molecule has 5 heteroatoms. The van der Waals surface area contributed by atoms with Gasteiger partial charge in [-0.1, -0.05) is 24.1 Å². The van der Waals surface area contributed by atoms with Crippen molar-refractivity contribution in [3.63, 3.8) is 0 Å². The molecule has 2 aromatic rings. The van der Waals surface area contributed by atoms with Gasteiger partial charge in [-0.3, -0.25) is 9.78 Å². The third-order valence-electron chi connectivity index (χ3n) is 4.01. The summed E-state index contributed by atoms with van der Waals surface area (Å²) in [5.74, 6) is -0.00846. The van der Waals surface area contributed by atoms with Crippen molar-refractivity contribution in [1.82, 2.24) is 4.98 Å². The van der Waals surface area contributed by atoms with Gasteiger partial charge >= 0.3 is 0 Å². The summed E-state index contributed by atoms with van der Waals surface area (Å²) < 4.78 is 0. The molecular weight excluding hydrogens is 286 g/mol. The van der Waals surface area contributed by atoms with E-state index >= 15 is 0 Å². The smallest absolute Gasteiger partial charge is 0.227 e. The minimum absolute atomic E-state index is 0.0133. The predicted molar refractivity (Wildman–Crippen MR) is 85.3 cm³/mol. The molecule has 2 unspecified atom stereocenters. The van der Waals surface area contributed by atoms with E-state index in [2.05, 4.69) is 10.3 Å². The van der Waals surface area contributed by atoms with E-state index in [0.717, 1.165) is 36.6 Å². The summed E-state index contributed by atoms with van der Waals surface area (Å²) in [4.78, 5) is 16.8. The predicted octanol–water partition coefficient (Wildman–Crippen LogP) is 3.34. The Bertz CT molecular complexity index is 674. The van der Waals surface area contributed by atoms with Crippen LogP contribution in [0.2, 0.25) is 5.02 Å². The highest BCUT2D eigenvalue weighted by Gasteiger charge is 2.25. The van der Waals surface area contributed by atoms with Gasteiger partial charge in [0.1, 0.15) is 0 Å². The molecule has 110 valence electrons. The fourth-order valence-electron chi connectivity index (χ4n) is 2.95. The van der Waals surface area contributed by atoms with E-state index in [4.69, 9.17) is 17.3 Å². The molecule has 0 saturated heterocycles. The van der Waals surface area contributed by atoms with Crippen LogP contribution >= 0.6 is 11.6 Å². The van der Waals surface area contributed by atoms with E-state index in [1.165, 1.54) is 0 Å². The maximum Gasteiger partial charge on any atom is 0.227 e. The summed E-state index contributed by atoms with van der Waals surface area (Å²) in [7, 11) is 0. The van der Waals surface area contributed by atoms with Gasteiger partial charge in [0, 0.05) is 28.6 Å². The summed E-state index contributed by atoms with van der Waals surface area (Å²) in [6.07, 6.45) is 5.37. The second-order valence-electron chi connectivity index (χ2n) is 5.64. The van der Waals surface area contributed by atoms with Crippen LogP contribution in [0.4, 0.5) is 5.69 Å². The van der Waals surface area contributed by atoms with Crippen LogP contribution in [-0.2, 0) is 4.79 Å². The number of nitrogens with two attached hydrogens (primary N) is 1. The highest BCUT2D eigenvalue weighted by Crippen LogP contribution is 2.29. The second-order valence-corrected chi connectivity index (χ2v) is 6.08. The fraction of sp³-hybridized carbons (Fsp3) is 0.375. The normalized spacial score (nSPS) is 22.2. The molecule has 1 heterocycles. The number of amides is 1. The summed E-state index contributed by atoms with van der Waals surface area (Å²) in [5, 5.41) is 4.48. The quantitative estimate of drug-likeness (QED) is 0.894. The van der Waals surface area contributed by atoms with Crippen molar-refractivity contribution in [1.29, 1.82) is 0 Å². The molecule has 0 aliphatic heterocycles. The van der Waals surface area contributed by atoms with E-state index in [1.807, 2.05) is 18.2 Å². The molecule has 3 N–H and O–H groups in total. The lowest BCUT2D eigenvalue weighted by Crippen LogP contribution is -2.34. The molecule has 21 heavy (non-hydrogen) atoms. The lowest BCUT2D eigenvalue weighted by atomic mass is 9.85. The number of hydrogen-bond donors (Lipinski definition) is 2.